The summed E-state index contributed by atoms with van der Waals surface area (Å²) in [4.78, 5) is 11.1. The normalized spacial score (nSPS) is 12.4. The van der Waals surface area contributed by atoms with Gasteiger partial charge in [0.25, 0.3) is 0 Å². The highest BCUT2D eigenvalue weighted by atomic mass is 79.9. The standard InChI is InChI=1S/C11H13BrClNO2/c1-2-5-14-10(11(15)16)7-3-4-8(12)9(13)6-7/h3-4,6,10,14H,2,5H2,1H3,(H,15,16). The first-order valence-electron chi connectivity index (χ1n) is 4.97. The summed E-state index contributed by atoms with van der Waals surface area (Å²) < 4.78 is 0.762. The molecular formula is C11H13BrClNO2. The van der Waals surface area contributed by atoms with Crippen LogP contribution in [0.5, 0.6) is 0 Å². The van der Waals surface area contributed by atoms with Gasteiger partial charge in [0.15, 0.2) is 0 Å². The lowest BCUT2D eigenvalue weighted by atomic mass is 10.1. The molecule has 0 saturated carbocycles. The fourth-order valence-corrected chi connectivity index (χ4v) is 1.76. The fraction of sp³-hybridized carbons (Fsp3) is 0.364. The minimum absolute atomic E-state index is 0.516. The highest BCUT2D eigenvalue weighted by Crippen LogP contribution is 2.26. The van der Waals surface area contributed by atoms with Gasteiger partial charge in [0, 0.05) is 4.47 Å². The van der Waals surface area contributed by atoms with E-state index in [1.165, 1.54) is 0 Å². The van der Waals surface area contributed by atoms with Crippen LogP contribution in [-0.4, -0.2) is 17.6 Å². The molecule has 2 N–H and O–H groups in total. The van der Waals surface area contributed by atoms with Crippen molar-refractivity contribution in [1.29, 1.82) is 0 Å². The predicted octanol–water partition coefficient (Wildman–Crippen LogP) is 3.23. The van der Waals surface area contributed by atoms with E-state index in [1.54, 1.807) is 18.2 Å². The molecule has 1 unspecified atom stereocenters. The number of carbonyl (C=O) groups is 1. The molecule has 1 aromatic carbocycles. The number of aliphatic carboxylic acids is 1. The van der Waals surface area contributed by atoms with Gasteiger partial charge in [0.1, 0.15) is 6.04 Å². The number of carboxylic acid groups (broad SMARTS) is 1. The Balaban J connectivity index is 2.92. The molecule has 0 heterocycles. The number of nitrogens with one attached hydrogen (secondary N) is 1. The zero-order valence-electron chi connectivity index (χ0n) is 8.84. The molecule has 5 heteroatoms. The van der Waals surface area contributed by atoms with Gasteiger partial charge < -0.3 is 10.4 Å². The van der Waals surface area contributed by atoms with Gasteiger partial charge in [-0.1, -0.05) is 24.6 Å². The Kier molecular flexibility index (Phi) is 5.25. The molecule has 0 bridgehead atoms. The van der Waals surface area contributed by atoms with Crippen LogP contribution >= 0.6 is 27.5 Å². The van der Waals surface area contributed by atoms with Crippen molar-refractivity contribution in [3.8, 4) is 0 Å². The van der Waals surface area contributed by atoms with Crippen LogP contribution in [0.4, 0.5) is 0 Å². The Morgan fingerprint density at radius 1 is 1.62 bits per heavy atom. The van der Waals surface area contributed by atoms with Gasteiger partial charge in [-0.15, -0.1) is 0 Å². The van der Waals surface area contributed by atoms with Crippen LogP contribution < -0.4 is 5.32 Å². The summed E-state index contributed by atoms with van der Waals surface area (Å²) >= 11 is 9.20. The SMILES string of the molecule is CCCNC(C(=O)O)c1ccc(Br)c(Cl)c1. The van der Waals surface area contributed by atoms with E-state index in [0.717, 1.165) is 10.9 Å². The van der Waals surface area contributed by atoms with Gasteiger partial charge in [-0.2, -0.15) is 0 Å². The monoisotopic (exact) mass is 305 g/mol. The van der Waals surface area contributed by atoms with Crippen LogP contribution in [0.15, 0.2) is 22.7 Å². The highest BCUT2D eigenvalue weighted by molar-refractivity contribution is 9.10. The Morgan fingerprint density at radius 3 is 2.81 bits per heavy atom. The van der Waals surface area contributed by atoms with Crippen molar-refractivity contribution < 1.29 is 9.90 Å². The molecule has 16 heavy (non-hydrogen) atoms. The minimum Gasteiger partial charge on any atom is -0.480 e. The molecule has 1 atom stereocenters. The second-order valence-electron chi connectivity index (χ2n) is 3.40. The molecule has 1 aromatic rings. The van der Waals surface area contributed by atoms with Crippen LogP contribution in [-0.2, 0) is 4.79 Å². The average molecular weight is 307 g/mol. The summed E-state index contributed by atoms with van der Waals surface area (Å²) in [5.41, 5.74) is 0.661. The zero-order chi connectivity index (χ0) is 12.1. The van der Waals surface area contributed by atoms with Crippen LogP contribution in [0.1, 0.15) is 24.9 Å². The Labute approximate surface area is 108 Å². The first-order valence-corrected chi connectivity index (χ1v) is 6.14. The molecule has 3 nitrogen and oxygen atoms in total. The number of benzene rings is 1. The van der Waals surface area contributed by atoms with E-state index in [0.29, 0.717) is 17.1 Å². The van der Waals surface area contributed by atoms with Crippen molar-refractivity contribution in [2.24, 2.45) is 0 Å². The van der Waals surface area contributed by atoms with Crippen molar-refractivity contribution in [2.75, 3.05) is 6.54 Å². The van der Waals surface area contributed by atoms with Gasteiger partial charge in [-0.05, 0) is 46.6 Å². The Morgan fingerprint density at radius 2 is 2.31 bits per heavy atom. The quantitative estimate of drug-likeness (QED) is 0.878. The van der Waals surface area contributed by atoms with Gasteiger partial charge >= 0.3 is 5.97 Å². The maximum absolute atomic E-state index is 11.1. The van der Waals surface area contributed by atoms with Crippen LogP contribution in [0.25, 0.3) is 0 Å². The molecule has 0 fully saturated rings. The van der Waals surface area contributed by atoms with E-state index in [1.807, 2.05) is 6.92 Å². The summed E-state index contributed by atoms with van der Waals surface area (Å²) in [6.07, 6.45) is 0.883. The molecule has 0 radical (unpaired) electrons. The maximum Gasteiger partial charge on any atom is 0.325 e. The van der Waals surface area contributed by atoms with Crippen LogP contribution in [0, 0.1) is 0 Å². The number of halogens is 2. The van der Waals surface area contributed by atoms with E-state index in [2.05, 4.69) is 21.2 Å². The minimum atomic E-state index is -0.896. The topological polar surface area (TPSA) is 49.3 Å². The summed E-state index contributed by atoms with van der Waals surface area (Å²) in [6, 6.07) is 4.46. The van der Waals surface area contributed by atoms with Crippen LogP contribution in [0.2, 0.25) is 5.02 Å². The van der Waals surface area contributed by atoms with E-state index >= 15 is 0 Å². The number of hydrogen-bond acceptors (Lipinski definition) is 2. The van der Waals surface area contributed by atoms with Gasteiger partial charge in [-0.25, -0.2) is 0 Å². The zero-order valence-corrected chi connectivity index (χ0v) is 11.2. The van der Waals surface area contributed by atoms with Crippen molar-refractivity contribution in [3.63, 3.8) is 0 Å². The van der Waals surface area contributed by atoms with Crippen LogP contribution in [0.3, 0.4) is 0 Å². The average Bonchev–Trinajstić information content (AvgIpc) is 2.23. The molecule has 0 aromatic heterocycles. The van der Waals surface area contributed by atoms with Crippen molar-refractivity contribution in [1.82, 2.24) is 5.32 Å². The Bertz CT molecular complexity index is 384. The third-order valence-electron chi connectivity index (χ3n) is 2.12. The molecule has 1 rings (SSSR count). The number of carboxylic acids is 1. The molecule has 0 saturated heterocycles. The largest absolute Gasteiger partial charge is 0.480 e. The summed E-state index contributed by atoms with van der Waals surface area (Å²) in [5, 5.41) is 12.6. The highest BCUT2D eigenvalue weighted by Gasteiger charge is 2.19. The third-order valence-corrected chi connectivity index (χ3v) is 3.35. The second kappa shape index (κ2) is 6.23. The third kappa shape index (κ3) is 3.47. The molecule has 0 amide bonds. The van der Waals surface area contributed by atoms with Crippen molar-refractivity contribution in [3.05, 3.63) is 33.3 Å². The van der Waals surface area contributed by atoms with E-state index in [9.17, 15) is 4.79 Å². The van der Waals surface area contributed by atoms with Crippen molar-refractivity contribution >= 4 is 33.5 Å². The lowest BCUT2D eigenvalue weighted by molar-refractivity contribution is -0.139. The molecule has 0 aliphatic carbocycles. The predicted molar refractivity (Wildman–Crippen MR) is 67.8 cm³/mol. The van der Waals surface area contributed by atoms with E-state index in [4.69, 9.17) is 16.7 Å². The molecule has 0 aliphatic heterocycles. The Hall–Kier alpha value is -0.580. The molecule has 0 spiro atoms. The van der Waals surface area contributed by atoms with E-state index < -0.39 is 12.0 Å². The fourth-order valence-electron chi connectivity index (χ4n) is 1.33. The number of hydrogen-bond donors (Lipinski definition) is 2. The van der Waals surface area contributed by atoms with E-state index in [-0.39, 0.29) is 0 Å². The first-order chi connectivity index (χ1) is 7.56. The molecule has 88 valence electrons. The van der Waals surface area contributed by atoms with Gasteiger partial charge in [-0.3, -0.25) is 4.79 Å². The molecule has 0 aliphatic rings. The van der Waals surface area contributed by atoms with Gasteiger partial charge in [0.2, 0.25) is 0 Å². The number of rotatable bonds is 5. The first kappa shape index (κ1) is 13.5. The molecular weight excluding hydrogens is 293 g/mol. The summed E-state index contributed by atoms with van der Waals surface area (Å²) in [6.45, 7) is 2.64. The summed E-state index contributed by atoms with van der Waals surface area (Å²) in [5.74, 6) is -0.896. The second-order valence-corrected chi connectivity index (χ2v) is 4.66. The lowest BCUT2D eigenvalue weighted by Crippen LogP contribution is -2.29. The lowest BCUT2D eigenvalue weighted by Gasteiger charge is -2.14. The summed E-state index contributed by atoms with van der Waals surface area (Å²) in [7, 11) is 0. The van der Waals surface area contributed by atoms with Crippen molar-refractivity contribution in [2.45, 2.75) is 19.4 Å². The smallest absolute Gasteiger partial charge is 0.325 e. The maximum atomic E-state index is 11.1. The van der Waals surface area contributed by atoms with Gasteiger partial charge in [0.05, 0.1) is 5.02 Å².